The number of nitrogens with one attached hydrogen (secondary N) is 4. The summed E-state index contributed by atoms with van der Waals surface area (Å²) in [6.07, 6.45) is 7.16. The van der Waals surface area contributed by atoms with E-state index in [0.717, 1.165) is 58.5 Å². The number of rotatable bonds is 29. The summed E-state index contributed by atoms with van der Waals surface area (Å²) in [4.78, 5) is 38.4. The van der Waals surface area contributed by atoms with Gasteiger partial charge in [-0.2, -0.15) is 11.8 Å². The Balaban J connectivity index is 1.87. The summed E-state index contributed by atoms with van der Waals surface area (Å²) >= 11 is 1.73. The highest BCUT2D eigenvalue weighted by molar-refractivity contribution is 8.00. The second-order valence-corrected chi connectivity index (χ2v) is 13.3. The van der Waals surface area contributed by atoms with Gasteiger partial charge in [-0.15, -0.1) is 0 Å². The molecular weight excluding hydrogens is 568 g/mol. The number of carbonyl (C=O) groups excluding carboxylic acids is 3. The molecule has 1 saturated heterocycles. The van der Waals surface area contributed by atoms with Gasteiger partial charge < -0.3 is 41.4 Å². The first-order valence-corrected chi connectivity index (χ1v) is 17.6. The van der Waals surface area contributed by atoms with E-state index in [1.807, 2.05) is 4.90 Å². The molecule has 0 aliphatic carbocycles. The first kappa shape index (κ1) is 39.6. The van der Waals surface area contributed by atoms with Gasteiger partial charge in [-0.25, -0.2) is 0 Å². The molecule has 6 N–H and O–H groups in total. The fraction of sp³-hybridized carbons (Fsp3) is 0.903. The van der Waals surface area contributed by atoms with Crippen LogP contribution in [0.1, 0.15) is 72.1 Å². The third-order valence-electron chi connectivity index (χ3n) is 7.20. The van der Waals surface area contributed by atoms with E-state index < -0.39 is 0 Å². The van der Waals surface area contributed by atoms with E-state index in [4.69, 9.17) is 15.2 Å². The maximum Gasteiger partial charge on any atom is 0.223 e. The van der Waals surface area contributed by atoms with Gasteiger partial charge in [0.15, 0.2) is 0 Å². The third-order valence-corrected chi connectivity index (χ3v) is 8.42. The molecule has 0 aromatic heterocycles. The van der Waals surface area contributed by atoms with Gasteiger partial charge >= 0.3 is 0 Å². The van der Waals surface area contributed by atoms with E-state index in [1.54, 1.807) is 11.8 Å². The zero-order chi connectivity index (χ0) is 31.5. The fourth-order valence-corrected chi connectivity index (χ4v) is 5.86. The van der Waals surface area contributed by atoms with Crippen LogP contribution < -0.4 is 27.0 Å². The lowest BCUT2D eigenvalue weighted by Crippen LogP contribution is -2.32. The minimum atomic E-state index is -0.0156. The minimum Gasteiger partial charge on any atom is -0.379 e. The van der Waals surface area contributed by atoms with Gasteiger partial charge in [-0.1, -0.05) is 33.6 Å². The average molecular weight is 631 g/mol. The van der Waals surface area contributed by atoms with E-state index in [0.29, 0.717) is 82.9 Å². The number of carbonyl (C=O) groups is 3. The Labute approximate surface area is 265 Å². The van der Waals surface area contributed by atoms with Crippen LogP contribution in [0.2, 0.25) is 0 Å². The van der Waals surface area contributed by atoms with Crippen molar-refractivity contribution in [1.29, 1.82) is 0 Å². The monoisotopic (exact) mass is 630 g/mol. The highest BCUT2D eigenvalue weighted by Gasteiger charge is 2.30. The first-order valence-electron chi connectivity index (χ1n) is 16.5. The Morgan fingerprint density at radius 2 is 1.53 bits per heavy atom. The summed E-state index contributed by atoms with van der Waals surface area (Å²) in [5.74, 6) is 2.17. The van der Waals surface area contributed by atoms with Crippen molar-refractivity contribution in [3.63, 3.8) is 0 Å². The number of unbranched alkanes of at least 4 members (excludes halogenated alkanes) is 2. The molecular formula is C31H62N6O5S. The van der Waals surface area contributed by atoms with Gasteiger partial charge in [0, 0.05) is 76.1 Å². The van der Waals surface area contributed by atoms with Crippen molar-refractivity contribution in [3.05, 3.63) is 0 Å². The Hall–Kier alpha value is -1.44. The maximum atomic E-state index is 12.4. The second-order valence-electron chi connectivity index (χ2n) is 11.8. The van der Waals surface area contributed by atoms with Crippen LogP contribution in [0.3, 0.4) is 0 Å². The van der Waals surface area contributed by atoms with Gasteiger partial charge in [0.1, 0.15) is 0 Å². The maximum absolute atomic E-state index is 12.4. The van der Waals surface area contributed by atoms with Crippen molar-refractivity contribution in [2.45, 2.75) is 77.4 Å². The van der Waals surface area contributed by atoms with Crippen molar-refractivity contribution < 1.29 is 23.9 Å². The molecule has 2 unspecified atom stereocenters. The van der Waals surface area contributed by atoms with Gasteiger partial charge in [0.25, 0.3) is 0 Å². The molecule has 1 aliphatic rings. The normalized spacial score (nSPS) is 15.8. The number of likely N-dealkylation sites (tertiary alicyclic amines) is 1. The largest absolute Gasteiger partial charge is 0.379 e. The molecule has 1 aliphatic heterocycles. The summed E-state index contributed by atoms with van der Waals surface area (Å²) in [6.45, 7) is 15.3. The smallest absolute Gasteiger partial charge is 0.223 e. The Bertz CT molecular complexity index is 733. The van der Waals surface area contributed by atoms with Crippen LogP contribution >= 0.6 is 11.8 Å². The number of hydrogen-bond acceptors (Lipinski definition) is 9. The third kappa shape index (κ3) is 23.6. The van der Waals surface area contributed by atoms with Crippen LogP contribution in [0.5, 0.6) is 0 Å². The number of ether oxygens (including phenoxy) is 2. The summed E-state index contributed by atoms with van der Waals surface area (Å²) in [7, 11) is 0. The molecule has 0 aromatic rings. The zero-order valence-corrected chi connectivity index (χ0v) is 28.1. The van der Waals surface area contributed by atoms with Crippen LogP contribution in [0.25, 0.3) is 0 Å². The first-order chi connectivity index (χ1) is 20.8. The molecule has 0 bridgehead atoms. The van der Waals surface area contributed by atoms with Crippen LogP contribution in [-0.4, -0.2) is 119 Å². The molecule has 1 fully saturated rings. The Kier molecular flexibility index (Phi) is 24.8. The van der Waals surface area contributed by atoms with Crippen molar-refractivity contribution in [2.75, 3.05) is 91.1 Å². The summed E-state index contributed by atoms with van der Waals surface area (Å²) in [5, 5.41) is 12.7. The number of nitrogens with zero attached hydrogens (tertiary/aromatic N) is 1. The molecule has 0 aromatic carbocycles. The number of thioether (sulfide) groups is 1. The molecule has 0 radical (unpaired) electrons. The quantitative estimate of drug-likeness (QED) is 0.0780. The van der Waals surface area contributed by atoms with Crippen molar-refractivity contribution in [2.24, 2.45) is 17.6 Å². The molecule has 3 amide bonds. The number of amides is 3. The SMILES string of the molecule is CC(C)CCC(C)CN1CC(SCCC(=O)NCCOCCOCCC(=O)NCCNCCCCCNCCN)CC1=O. The predicted molar refractivity (Wildman–Crippen MR) is 176 cm³/mol. The lowest BCUT2D eigenvalue weighted by atomic mass is 9.99. The molecule has 1 rings (SSSR count). The van der Waals surface area contributed by atoms with Crippen LogP contribution in [0.15, 0.2) is 0 Å². The van der Waals surface area contributed by atoms with E-state index in [-0.39, 0.29) is 23.0 Å². The Morgan fingerprint density at radius 1 is 0.860 bits per heavy atom. The fourth-order valence-electron chi connectivity index (χ4n) is 4.67. The van der Waals surface area contributed by atoms with Gasteiger partial charge in [0.2, 0.25) is 17.7 Å². The zero-order valence-electron chi connectivity index (χ0n) is 27.3. The standard InChI is InChI=1S/C31H62N6O5S/c1-26(2)7-8-27(3)24-37-25-28(23-31(37)40)43-22-10-30(39)36-17-19-42-21-20-41-18-9-29(38)35-16-15-34-13-6-4-5-12-33-14-11-32/h26-28,33-34H,4-25,32H2,1-3H3,(H,35,38)(H,36,39). The highest BCUT2D eigenvalue weighted by atomic mass is 32.2. The molecule has 0 saturated carbocycles. The minimum absolute atomic E-state index is 0.00338. The lowest BCUT2D eigenvalue weighted by Gasteiger charge is -2.22. The average Bonchev–Trinajstić information content (AvgIpc) is 3.32. The summed E-state index contributed by atoms with van der Waals surface area (Å²) in [5.41, 5.74) is 5.44. The van der Waals surface area contributed by atoms with Gasteiger partial charge in [-0.3, -0.25) is 14.4 Å². The molecule has 252 valence electrons. The van der Waals surface area contributed by atoms with E-state index in [9.17, 15) is 14.4 Å². The molecule has 43 heavy (non-hydrogen) atoms. The predicted octanol–water partition coefficient (Wildman–Crippen LogP) is 1.75. The summed E-state index contributed by atoms with van der Waals surface area (Å²) < 4.78 is 11.0. The van der Waals surface area contributed by atoms with Crippen LogP contribution in [0, 0.1) is 11.8 Å². The molecule has 0 spiro atoms. The van der Waals surface area contributed by atoms with E-state index >= 15 is 0 Å². The van der Waals surface area contributed by atoms with Crippen LogP contribution in [0.4, 0.5) is 0 Å². The van der Waals surface area contributed by atoms with Crippen molar-refractivity contribution in [1.82, 2.24) is 26.2 Å². The molecule has 1 heterocycles. The van der Waals surface area contributed by atoms with E-state index in [2.05, 4.69) is 42.0 Å². The molecule has 11 nitrogen and oxygen atoms in total. The van der Waals surface area contributed by atoms with Crippen LogP contribution in [-0.2, 0) is 23.9 Å². The van der Waals surface area contributed by atoms with Gasteiger partial charge in [0.05, 0.1) is 26.4 Å². The lowest BCUT2D eigenvalue weighted by molar-refractivity contribution is -0.128. The van der Waals surface area contributed by atoms with Gasteiger partial charge in [-0.05, 0) is 44.2 Å². The molecule has 12 heteroatoms. The van der Waals surface area contributed by atoms with E-state index in [1.165, 1.54) is 12.8 Å². The second kappa shape index (κ2) is 26.9. The highest BCUT2D eigenvalue weighted by Crippen LogP contribution is 2.25. The Morgan fingerprint density at radius 3 is 2.26 bits per heavy atom. The number of nitrogens with two attached hydrogens (primary N) is 1. The topological polar surface area (TPSA) is 147 Å². The van der Waals surface area contributed by atoms with Crippen molar-refractivity contribution in [3.8, 4) is 0 Å². The molecule has 2 atom stereocenters. The van der Waals surface area contributed by atoms with Crippen molar-refractivity contribution >= 4 is 29.5 Å². The summed E-state index contributed by atoms with van der Waals surface area (Å²) in [6, 6.07) is 0. The number of hydrogen-bond donors (Lipinski definition) is 5.